The molecule has 192 valence electrons. The monoisotopic (exact) mass is 766 g/mol. The van der Waals surface area contributed by atoms with Crippen LogP contribution in [0.4, 0.5) is 43.9 Å². The Morgan fingerprint density at radius 3 is 0.676 bits per heavy atom. The molecule has 0 fully saturated rings. The molecule has 37 heavy (non-hydrogen) atoms. The van der Waals surface area contributed by atoms with Gasteiger partial charge < -0.3 is 0 Å². The van der Waals surface area contributed by atoms with Crippen LogP contribution >= 0.6 is 0 Å². The van der Waals surface area contributed by atoms with E-state index < -0.39 is 67.1 Å². The first-order chi connectivity index (χ1) is 16.9. The van der Waals surface area contributed by atoms with E-state index in [-0.39, 0.29) is 27.3 Å². The SMILES string of the molecule is Fc1c(F)c(F)c([Se-])c(F)c1F.Fc1c(F)c(F)c([Se-])c(F)c1F.[Cd+2].c1ccncc1.c1ccncc1. The summed E-state index contributed by atoms with van der Waals surface area (Å²) in [5.74, 6) is -19.4. The maximum Gasteiger partial charge on any atom is 2.00 e. The van der Waals surface area contributed by atoms with E-state index in [1.54, 1.807) is 56.8 Å². The second-order valence-electron chi connectivity index (χ2n) is 5.85. The van der Waals surface area contributed by atoms with Gasteiger partial charge >= 0.3 is 170 Å². The van der Waals surface area contributed by atoms with Crippen molar-refractivity contribution in [2.75, 3.05) is 0 Å². The number of rotatable bonds is 0. The summed E-state index contributed by atoms with van der Waals surface area (Å²) in [4.78, 5) is 7.57. The van der Waals surface area contributed by atoms with Crippen LogP contribution in [0.25, 0.3) is 0 Å². The molecule has 0 saturated carbocycles. The molecule has 2 aromatic carbocycles. The van der Waals surface area contributed by atoms with E-state index in [1.807, 2.05) is 36.4 Å². The van der Waals surface area contributed by atoms with Gasteiger partial charge in [0.15, 0.2) is 0 Å². The van der Waals surface area contributed by atoms with Gasteiger partial charge in [0.05, 0.1) is 0 Å². The molecule has 0 aliphatic heterocycles. The molecule has 0 aliphatic carbocycles. The van der Waals surface area contributed by atoms with Crippen LogP contribution in [0.1, 0.15) is 0 Å². The molecule has 2 heterocycles. The predicted octanol–water partition coefficient (Wildman–Crippen LogP) is 4.51. The fraction of sp³-hybridized carbons (Fsp3) is 0. The Kier molecular flexibility index (Phi) is 16.6. The summed E-state index contributed by atoms with van der Waals surface area (Å²) in [7, 11) is 0. The number of halogens is 10. The van der Waals surface area contributed by atoms with E-state index in [4.69, 9.17) is 0 Å². The van der Waals surface area contributed by atoms with Gasteiger partial charge in [0.2, 0.25) is 0 Å². The van der Waals surface area contributed by atoms with E-state index in [9.17, 15) is 43.9 Å². The van der Waals surface area contributed by atoms with Crippen LogP contribution in [0.3, 0.4) is 0 Å². The van der Waals surface area contributed by atoms with Gasteiger partial charge in [-0.3, -0.25) is 9.97 Å². The second-order valence-corrected chi connectivity index (χ2v) is 7.56. The first-order valence-corrected chi connectivity index (χ1v) is 10.7. The standard InChI is InChI=1S/2C6HF5Se.2C5H5N.Cd/c2*7-1-2(8)4(10)6(12)5(11)3(1)9;2*1-2-4-6-5-3-1;/h2*12H;2*1-5H;/q;;;;+2/p-2. The Bertz CT molecular complexity index is 908. The van der Waals surface area contributed by atoms with Crippen molar-refractivity contribution in [1.29, 1.82) is 0 Å². The molecule has 0 aliphatic rings. The first kappa shape index (κ1) is 35.0. The summed E-state index contributed by atoms with van der Waals surface area (Å²) in [5, 5.41) is 0. The molecule has 0 atom stereocenters. The Morgan fingerprint density at radius 1 is 0.351 bits per heavy atom. The largest absolute Gasteiger partial charge is 2.00 e. The first-order valence-electron chi connectivity index (χ1n) is 9.00. The van der Waals surface area contributed by atoms with E-state index in [0.717, 1.165) is 0 Å². The summed E-state index contributed by atoms with van der Waals surface area (Å²) in [6.07, 6.45) is 7.00. The van der Waals surface area contributed by atoms with Crippen molar-refractivity contribution in [1.82, 2.24) is 9.97 Å². The third kappa shape index (κ3) is 10.4. The smallest absolute Gasteiger partial charge is 0.265 e. The van der Waals surface area contributed by atoms with Gasteiger partial charge in [0.25, 0.3) is 0 Å². The van der Waals surface area contributed by atoms with Gasteiger partial charge in [-0.1, -0.05) is 12.1 Å². The third-order valence-corrected chi connectivity index (χ3v) is 4.98. The van der Waals surface area contributed by atoms with Gasteiger partial charge in [-0.2, -0.15) is 0 Å². The molecule has 0 radical (unpaired) electrons. The topological polar surface area (TPSA) is 25.8 Å². The van der Waals surface area contributed by atoms with Crippen molar-refractivity contribution in [3.8, 4) is 0 Å². The third-order valence-electron chi connectivity index (χ3n) is 3.47. The summed E-state index contributed by atoms with van der Waals surface area (Å²) < 4.78 is 121. The normalized spacial score (nSPS) is 9.35. The number of hydrogen-bond donors (Lipinski definition) is 0. The minimum Gasteiger partial charge on any atom is -0.265 e. The molecule has 2 aromatic heterocycles. The van der Waals surface area contributed by atoms with Crippen molar-refractivity contribution in [2.24, 2.45) is 0 Å². The van der Waals surface area contributed by atoms with Gasteiger partial charge in [-0.05, 0) is 24.3 Å². The van der Waals surface area contributed by atoms with E-state index in [0.29, 0.717) is 0 Å². The zero-order chi connectivity index (χ0) is 27.4. The van der Waals surface area contributed by atoms with Gasteiger partial charge in [-0.15, -0.1) is 0 Å². The molecular weight excluding hydrogens is 753 g/mol. The minimum absolute atomic E-state index is 0. The maximum absolute atomic E-state index is 12.4. The van der Waals surface area contributed by atoms with Crippen LogP contribution in [0, 0.1) is 58.2 Å². The van der Waals surface area contributed by atoms with Crippen LogP contribution in [-0.2, 0) is 27.3 Å². The van der Waals surface area contributed by atoms with Crippen LogP contribution in [0.5, 0.6) is 0 Å². The van der Waals surface area contributed by atoms with Crippen molar-refractivity contribution < 1.29 is 71.2 Å². The maximum atomic E-state index is 12.4. The molecule has 0 amide bonds. The number of nitrogens with zero attached hydrogens (tertiary/aromatic N) is 2. The molecule has 0 bridgehead atoms. The van der Waals surface area contributed by atoms with Crippen molar-refractivity contribution in [3.63, 3.8) is 0 Å². The summed E-state index contributed by atoms with van der Waals surface area (Å²) >= 11 is 3.50. The van der Waals surface area contributed by atoms with Gasteiger partial charge in [0.1, 0.15) is 0 Å². The number of aromatic nitrogens is 2. The number of hydrogen-bond acceptors (Lipinski definition) is 2. The van der Waals surface area contributed by atoms with Gasteiger partial charge in [0, 0.05) is 24.8 Å². The molecule has 15 heteroatoms. The molecule has 4 aromatic rings. The Balaban J connectivity index is 0.000000485. The predicted molar refractivity (Wildman–Crippen MR) is 112 cm³/mol. The van der Waals surface area contributed by atoms with Crippen molar-refractivity contribution in [2.45, 2.75) is 0 Å². The quantitative estimate of drug-likeness (QED) is 0.114. The fourth-order valence-electron chi connectivity index (χ4n) is 1.79. The minimum atomic E-state index is -2.15. The Hall–Kier alpha value is -2.00. The van der Waals surface area contributed by atoms with Gasteiger partial charge in [-0.25, -0.2) is 0 Å². The second kappa shape index (κ2) is 17.5. The van der Waals surface area contributed by atoms with Crippen molar-refractivity contribution in [3.05, 3.63) is 119 Å². The molecular formula is C22H10CdF10N2Se2. The Labute approximate surface area is 240 Å². The zero-order valence-corrected chi connectivity index (χ0v) is 25.4. The van der Waals surface area contributed by atoms with E-state index in [2.05, 4.69) is 9.97 Å². The summed E-state index contributed by atoms with van der Waals surface area (Å²) in [6, 6.07) is 11.4. The van der Waals surface area contributed by atoms with Crippen LogP contribution in [0.15, 0.2) is 61.2 Å². The number of pyridine rings is 2. The van der Waals surface area contributed by atoms with Crippen LogP contribution in [-0.4, -0.2) is 42.0 Å². The van der Waals surface area contributed by atoms with Crippen molar-refractivity contribution >= 4 is 40.9 Å². The zero-order valence-electron chi connectivity index (χ0n) is 18.0. The molecule has 0 unspecified atom stereocenters. The van der Waals surface area contributed by atoms with Crippen LogP contribution < -0.4 is 8.92 Å². The molecule has 4 rings (SSSR count). The summed E-state index contributed by atoms with van der Waals surface area (Å²) in [6.45, 7) is 0. The average molecular weight is 763 g/mol. The van der Waals surface area contributed by atoms with Crippen LogP contribution in [0.2, 0.25) is 0 Å². The molecule has 0 saturated heterocycles. The molecule has 0 N–H and O–H groups in total. The molecule has 2 nitrogen and oxygen atoms in total. The molecule has 0 spiro atoms. The average Bonchev–Trinajstić information content (AvgIpc) is 2.93. The van der Waals surface area contributed by atoms with E-state index in [1.165, 1.54) is 0 Å². The Morgan fingerprint density at radius 2 is 0.541 bits per heavy atom. The van der Waals surface area contributed by atoms with E-state index >= 15 is 0 Å². The summed E-state index contributed by atoms with van der Waals surface area (Å²) in [5.41, 5.74) is 0. The fourth-order valence-corrected chi connectivity index (χ4v) is 2.55. The number of benzene rings is 2.